The number of nitrogens with one attached hydrogen (secondary N) is 2. The van der Waals surface area contributed by atoms with Crippen molar-refractivity contribution in [2.75, 3.05) is 11.9 Å². The summed E-state index contributed by atoms with van der Waals surface area (Å²) in [4.78, 5) is 12.0. The van der Waals surface area contributed by atoms with E-state index in [1.54, 1.807) is 12.1 Å². The van der Waals surface area contributed by atoms with Crippen LogP contribution in [0.2, 0.25) is 0 Å². The first-order chi connectivity index (χ1) is 9.22. The summed E-state index contributed by atoms with van der Waals surface area (Å²) in [5, 5.41) is 6.21. The smallest absolute Gasteiger partial charge is 0.291 e. The predicted octanol–water partition coefficient (Wildman–Crippen LogP) is 3.20. The van der Waals surface area contributed by atoms with Gasteiger partial charge in [-0.3, -0.25) is 4.79 Å². The van der Waals surface area contributed by atoms with E-state index >= 15 is 0 Å². The Kier molecular flexibility index (Phi) is 4.36. The lowest BCUT2D eigenvalue weighted by molar-refractivity contribution is 0.0996. The van der Waals surface area contributed by atoms with Crippen LogP contribution in [0.5, 0.6) is 0 Å². The van der Waals surface area contributed by atoms with Crippen LogP contribution in [0, 0.1) is 0 Å². The maximum atomic E-state index is 12.0. The van der Waals surface area contributed by atoms with Crippen LogP contribution in [0.15, 0.2) is 47.1 Å². The van der Waals surface area contributed by atoms with Crippen molar-refractivity contribution in [3.63, 3.8) is 0 Å². The van der Waals surface area contributed by atoms with Gasteiger partial charge in [-0.25, -0.2) is 0 Å². The van der Waals surface area contributed by atoms with E-state index in [2.05, 4.69) is 24.5 Å². The van der Waals surface area contributed by atoms with Crippen molar-refractivity contribution in [1.29, 1.82) is 0 Å². The summed E-state index contributed by atoms with van der Waals surface area (Å²) in [6, 6.07) is 11.3. The molecule has 1 unspecified atom stereocenters. The second-order valence-electron chi connectivity index (χ2n) is 4.30. The number of para-hydroxylation sites is 1. The van der Waals surface area contributed by atoms with Crippen LogP contribution in [0.1, 0.15) is 36.0 Å². The molecule has 1 heterocycles. The van der Waals surface area contributed by atoms with Crippen molar-refractivity contribution in [2.24, 2.45) is 0 Å². The van der Waals surface area contributed by atoms with Gasteiger partial charge in [0.05, 0.1) is 6.26 Å². The van der Waals surface area contributed by atoms with Gasteiger partial charge in [0, 0.05) is 11.7 Å². The molecule has 4 nitrogen and oxygen atoms in total. The van der Waals surface area contributed by atoms with Gasteiger partial charge in [0.1, 0.15) is 0 Å². The first kappa shape index (κ1) is 13.4. The van der Waals surface area contributed by atoms with Crippen LogP contribution in [0.3, 0.4) is 0 Å². The van der Waals surface area contributed by atoms with Crippen molar-refractivity contribution >= 4 is 11.6 Å². The molecule has 1 amide bonds. The van der Waals surface area contributed by atoms with Gasteiger partial charge < -0.3 is 15.1 Å². The van der Waals surface area contributed by atoms with Gasteiger partial charge in [-0.05, 0) is 37.2 Å². The zero-order valence-electron chi connectivity index (χ0n) is 11.1. The zero-order valence-corrected chi connectivity index (χ0v) is 11.1. The second-order valence-corrected chi connectivity index (χ2v) is 4.30. The number of carbonyl (C=O) groups excluding carboxylic acids is 1. The number of furan rings is 1. The Balaban J connectivity index is 2.18. The number of rotatable bonds is 5. The Morgan fingerprint density at radius 2 is 2.05 bits per heavy atom. The fraction of sp³-hybridized carbons (Fsp3) is 0.267. The molecule has 4 heteroatoms. The van der Waals surface area contributed by atoms with Gasteiger partial charge in [0.2, 0.25) is 0 Å². The van der Waals surface area contributed by atoms with Crippen LogP contribution in [0.25, 0.3) is 0 Å². The van der Waals surface area contributed by atoms with E-state index in [9.17, 15) is 4.79 Å². The summed E-state index contributed by atoms with van der Waals surface area (Å²) < 4.78 is 5.09. The van der Waals surface area contributed by atoms with Gasteiger partial charge in [0.15, 0.2) is 5.76 Å². The molecule has 1 aromatic heterocycles. The summed E-state index contributed by atoms with van der Waals surface area (Å²) in [5.74, 6) is 0.0760. The molecule has 2 rings (SSSR count). The summed E-state index contributed by atoms with van der Waals surface area (Å²) in [6.07, 6.45) is 1.49. The monoisotopic (exact) mass is 258 g/mol. The Labute approximate surface area is 112 Å². The highest BCUT2D eigenvalue weighted by atomic mass is 16.3. The van der Waals surface area contributed by atoms with Crippen LogP contribution < -0.4 is 10.6 Å². The molecule has 0 saturated heterocycles. The van der Waals surface area contributed by atoms with Crippen LogP contribution in [-0.4, -0.2) is 12.5 Å². The van der Waals surface area contributed by atoms with Crippen molar-refractivity contribution in [1.82, 2.24) is 5.32 Å². The molecular formula is C15H18N2O2. The molecular weight excluding hydrogens is 240 g/mol. The Morgan fingerprint density at radius 1 is 1.26 bits per heavy atom. The standard InChI is InChI=1S/C15H18N2O2/c1-3-16-11(2)12-7-4-5-8-13(12)17-15(18)14-9-6-10-19-14/h4-11,16H,3H2,1-2H3,(H,17,18). The molecule has 0 bridgehead atoms. The summed E-state index contributed by atoms with van der Waals surface area (Å²) in [6.45, 7) is 5.00. The third kappa shape index (κ3) is 3.23. The number of amides is 1. The van der Waals surface area contributed by atoms with Crippen LogP contribution in [-0.2, 0) is 0 Å². The van der Waals surface area contributed by atoms with Gasteiger partial charge in [-0.1, -0.05) is 25.1 Å². The van der Waals surface area contributed by atoms with Gasteiger partial charge in [-0.2, -0.15) is 0 Å². The molecule has 0 fully saturated rings. The average Bonchev–Trinajstić information content (AvgIpc) is 2.93. The first-order valence-electron chi connectivity index (χ1n) is 6.39. The molecule has 0 aliphatic heterocycles. The Hall–Kier alpha value is -2.07. The molecule has 0 aliphatic carbocycles. The fourth-order valence-electron chi connectivity index (χ4n) is 2.00. The lowest BCUT2D eigenvalue weighted by Gasteiger charge is -2.17. The van der Waals surface area contributed by atoms with Gasteiger partial charge >= 0.3 is 0 Å². The Morgan fingerprint density at radius 3 is 2.74 bits per heavy atom. The minimum Gasteiger partial charge on any atom is -0.459 e. The minimum atomic E-state index is -0.235. The lowest BCUT2D eigenvalue weighted by Crippen LogP contribution is -2.20. The van der Waals surface area contributed by atoms with Gasteiger partial charge in [-0.15, -0.1) is 0 Å². The summed E-state index contributed by atoms with van der Waals surface area (Å²) in [7, 11) is 0. The molecule has 0 radical (unpaired) electrons. The summed E-state index contributed by atoms with van der Waals surface area (Å²) >= 11 is 0. The summed E-state index contributed by atoms with van der Waals surface area (Å²) in [5.41, 5.74) is 1.86. The Bertz CT molecular complexity index is 535. The highest BCUT2D eigenvalue weighted by Gasteiger charge is 2.13. The zero-order chi connectivity index (χ0) is 13.7. The van der Waals surface area contributed by atoms with E-state index in [0.29, 0.717) is 5.76 Å². The van der Waals surface area contributed by atoms with Crippen LogP contribution >= 0.6 is 0 Å². The highest BCUT2D eigenvalue weighted by Crippen LogP contribution is 2.23. The largest absolute Gasteiger partial charge is 0.459 e. The minimum absolute atomic E-state index is 0.179. The van der Waals surface area contributed by atoms with E-state index in [-0.39, 0.29) is 11.9 Å². The number of anilines is 1. The fourth-order valence-corrected chi connectivity index (χ4v) is 2.00. The molecule has 1 aromatic carbocycles. The topological polar surface area (TPSA) is 54.3 Å². The third-order valence-electron chi connectivity index (χ3n) is 2.93. The number of hydrogen-bond donors (Lipinski definition) is 2. The van der Waals surface area contributed by atoms with E-state index in [0.717, 1.165) is 17.8 Å². The number of hydrogen-bond acceptors (Lipinski definition) is 3. The molecule has 0 spiro atoms. The second kappa shape index (κ2) is 6.20. The molecule has 19 heavy (non-hydrogen) atoms. The molecule has 1 atom stereocenters. The van der Waals surface area contributed by atoms with Crippen molar-refractivity contribution in [2.45, 2.75) is 19.9 Å². The molecule has 0 aliphatic rings. The highest BCUT2D eigenvalue weighted by molar-refractivity contribution is 6.02. The van der Waals surface area contributed by atoms with Gasteiger partial charge in [0.25, 0.3) is 5.91 Å². The van der Waals surface area contributed by atoms with E-state index in [1.165, 1.54) is 6.26 Å². The molecule has 2 aromatic rings. The molecule has 0 saturated carbocycles. The van der Waals surface area contributed by atoms with E-state index < -0.39 is 0 Å². The first-order valence-corrected chi connectivity index (χ1v) is 6.39. The third-order valence-corrected chi connectivity index (χ3v) is 2.93. The SMILES string of the molecule is CCNC(C)c1ccccc1NC(=O)c1ccco1. The van der Waals surface area contributed by atoms with Crippen LogP contribution in [0.4, 0.5) is 5.69 Å². The number of benzene rings is 1. The predicted molar refractivity (Wildman–Crippen MR) is 75.2 cm³/mol. The van der Waals surface area contributed by atoms with Crippen molar-refractivity contribution in [3.05, 3.63) is 54.0 Å². The normalized spacial score (nSPS) is 12.1. The molecule has 2 N–H and O–H groups in total. The van der Waals surface area contributed by atoms with Crippen molar-refractivity contribution in [3.8, 4) is 0 Å². The maximum absolute atomic E-state index is 12.0. The van der Waals surface area contributed by atoms with E-state index in [1.807, 2.05) is 24.3 Å². The lowest BCUT2D eigenvalue weighted by atomic mass is 10.1. The average molecular weight is 258 g/mol. The maximum Gasteiger partial charge on any atom is 0.291 e. The van der Waals surface area contributed by atoms with E-state index in [4.69, 9.17) is 4.42 Å². The quantitative estimate of drug-likeness (QED) is 0.866. The number of carbonyl (C=O) groups is 1. The van der Waals surface area contributed by atoms with Crippen molar-refractivity contribution < 1.29 is 9.21 Å². The molecule has 100 valence electrons.